The standard InChI is InChI=1S/C10H20O3Si.C3H4F3NO3S.K/c1-11-14(12-2,13-3)10-7-8-4-5-9(10)6-8;1-2(8)7-11(9,10)3(4,5)6;/h8-10H,4-7H2,1-3H3;1H3,(H,7,8);/q;;+1/p-1. The van der Waals surface area contributed by atoms with Gasteiger partial charge in [-0.05, 0) is 38.0 Å². The molecule has 0 aromatic carbocycles. The Kier molecular flexibility index (Phi) is 11.0. The molecule has 2 fully saturated rings. The summed E-state index contributed by atoms with van der Waals surface area (Å²) in [6.07, 6.45) is 5.38. The molecule has 3 unspecified atom stereocenters. The molecule has 0 spiro atoms. The number of hydrogen-bond acceptors (Lipinski definition) is 6. The van der Waals surface area contributed by atoms with Crippen LogP contribution in [0.2, 0.25) is 5.54 Å². The third kappa shape index (κ3) is 6.49. The van der Waals surface area contributed by atoms with E-state index in [0.29, 0.717) is 12.5 Å². The van der Waals surface area contributed by atoms with Crippen LogP contribution in [0.15, 0.2) is 0 Å². The number of amides is 1. The van der Waals surface area contributed by atoms with E-state index < -0.39 is 30.2 Å². The molecular weight excluding hydrogens is 422 g/mol. The van der Waals surface area contributed by atoms with E-state index in [1.165, 1.54) is 25.7 Å². The summed E-state index contributed by atoms with van der Waals surface area (Å²) in [4.78, 5) is 9.86. The van der Waals surface area contributed by atoms with Crippen molar-refractivity contribution in [3.05, 3.63) is 4.72 Å². The van der Waals surface area contributed by atoms with Crippen molar-refractivity contribution in [1.29, 1.82) is 0 Å². The number of rotatable bonds is 5. The van der Waals surface area contributed by atoms with Crippen molar-refractivity contribution >= 4 is 24.7 Å². The summed E-state index contributed by atoms with van der Waals surface area (Å²) in [5.74, 6) is 0.311. The number of sulfonamides is 1. The molecule has 0 aromatic rings. The van der Waals surface area contributed by atoms with Crippen LogP contribution in [0.4, 0.5) is 13.2 Å². The predicted molar refractivity (Wildman–Crippen MR) is 85.0 cm³/mol. The van der Waals surface area contributed by atoms with Gasteiger partial charge in [-0.25, -0.2) is 8.42 Å². The number of hydrogen-bond donors (Lipinski definition) is 0. The number of alkyl halides is 3. The van der Waals surface area contributed by atoms with Crippen molar-refractivity contribution < 1.29 is 91.0 Å². The molecule has 13 heteroatoms. The Morgan fingerprint density at radius 2 is 1.58 bits per heavy atom. The van der Waals surface area contributed by atoms with Crippen molar-refractivity contribution in [3.63, 3.8) is 0 Å². The maximum atomic E-state index is 11.4. The van der Waals surface area contributed by atoms with Gasteiger partial charge in [0.2, 0.25) is 0 Å². The molecule has 26 heavy (non-hydrogen) atoms. The summed E-state index contributed by atoms with van der Waals surface area (Å²) in [5, 5.41) is 0. The Labute approximate surface area is 195 Å². The molecular formula is C13H23F3KNO6SSi. The van der Waals surface area contributed by atoms with Crippen LogP contribution in [0, 0.1) is 11.8 Å². The topological polar surface area (TPSA) is 93.0 Å². The fraction of sp³-hybridized carbons (Fsp3) is 0.923. The van der Waals surface area contributed by atoms with E-state index in [4.69, 9.17) is 13.3 Å². The van der Waals surface area contributed by atoms with E-state index >= 15 is 0 Å². The monoisotopic (exact) mass is 445 g/mol. The molecule has 0 saturated heterocycles. The van der Waals surface area contributed by atoms with E-state index in [0.717, 1.165) is 11.8 Å². The van der Waals surface area contributed by atoms with Crippen LogP contribution < -0.4 is 51.4 Å². The van der Waals surface area contributed by atoms with Crippen LogP contribution in [-0.4, -0.2) is 50.0 Å². The minimum atomic E-state index is -5.62. The van der Waals surface area contributed by atoms with Gasteiger partial charge in [0.25, 0.3) is 0 Å². The van der Waals surface area contributed by atoms with Crippen LogP contribution in [0.3, 0.4) is 0 Å². The number of nitrogens with zero attached hydrogens (tertiary/aromatic N) is 1. The Morgan fingerprint density at radius 3 is 1.81 bits per heavy atom. The third-order valence-corrected chi connectivity index (χ3v) is 8.99. The number of carbonyl (C=O) groups excluding carboxylic acids is 1. The molecule has 2 bridgehead atoms. The zero-order chi connectivity index (χ0) is 19.5. The van der Waals surface area contributed by atoms with Gasteiger partial charge in [0.05, 0.1) is 5.91 Å². The first-order valence-electron chi connectivity index (χ1n) is 7.62. The molecule has 0 heterocycles. The number of halogens is 3. The smallest absolute Gasteiger partial charge is 0.539 e. The van der Waals surface area contributed by atoms with E-state index in [9.17, 15) is 26.4 Å². The van der Waals surface area contributed by atoms with Gasteiger partial charge in [-0.2, -0.15) is 13.2 Å². The second-order valence-corrected chi connectivity index (χ2v) is 10.8. The normalized spacial score (nSPS) is 25.1. The largest absolute Gasteiger partial charge is 1.00 e. The van der Waals surface area contributed by atoms with E-state index in [1.54, 1.807) is 21.3 Å². The first-order valence-corrected chi connectivity index (χ1v) is 10.9. The van der Waals surface area contributed by atoms with Gasteiger partial charge in [-0.15, -0.1) is 0 Å². The predicted octanol–water partition coefficient (Wildman–Crippen LogP) is -0.185. The van der Waals surface area contributed by atoms with Crippen molar-refractivity contribution in [3.8, 4) is 0 Å². The summed E-state index contributed by atoms with van der Waals surface area (Å²) in [6, 6.07) is 0. The van der Waals surface area contributed by atoms with Gasteiger partial charge < -0.3 is 22.8 Å². The fourth-order valence-electron chi connectivity index (χ4n) is 3.60. The molecule has 0 aromatic heterocycles. The first kappa shape index (κ1) is 26.9. The molecule has 2 aliphatic rings. The summed E-state index contributed by atoms with van der Waals surface area (Å²) in [7, 11) is -2.78. The van der Waals surface area contributed by atoms with Crippen molar-refractivity contribution in [2.45, 2.75) is 43.7 Å². The summed E-state index contributed by atoms with van der Waals surface area (Å²) < 4.78 is 72.6. The van der Waals surface area contributed by atoms with E-state index in [1.807, 2.05) is 4.72 Å². The van der Waals surface area contributed by atoms with Gasteiger partial charge in [0.1, 0.15) is 0 Å². The minimum absolute atomic E-state index is 0. The molecule has 1 amide bonds. The number of carbonyl (C=O) groups is 1. The molecule has 2 saturated carbocycles. The van der Waals surface area contributed by atoms with Gasteiger partial charge in [0, 0.05) is 26.9 Å². The summed E-state index contributed by atoms with van der Waals surface area (Å²) >= 11 is 0. The van der Waals surface area contributed by atoms with Crippen LogP contribution in [0.25, 0.3) is 4.72 Å². The average molecular weight is 446 g/mol. The van der Waals surface area contributed by atoms with Gasteiger partial charge in [-0.3, -0.25) is 0 Å². The molecule has 0 N–H and O–H groups in total. The second-order valence-electron chi connectivity index (χ2n) is 6.03. The van der Waals surface area contributed by atoms with Crippen LogP contribution in [0.5, 0.6) is 0 Å². The number of fused-ring (bicyclic) bond motifs is 2. The maximum Gasteiger partial charge on any atom is 1.00 e. The SMILES string of the molecule is CC(=O)[N-]S(=O)(=O)C(F)(F)F.CO[Si](OC)(OC)C1CC2CCC1C2.[K+]. The zero-order valence-electron chi connectivity index (χ0n) is 15.5. The Morgan fingerprint density at radius 1 is 1.08 bits per heavy atom. The average Bonchev–Trinajstić information content (AvgIpc) is 3.11. The Hall–Kier alpha value is 0.943. The van der Waals surface area contributed by atoms with Gasteiger partial charge in [0.15, 0.2) is 10.0 Å². The van der Waals surface area contributed by atoms with Crippen LogP contribution in [-0.2, 0) is 28.1 Å². The van der Waals surface area contributed by atoms with E-state index in [2.05, 4.69) is 0 Å². The van der Waals surface area contributed by atoms with Crippen molar-refractivity contribution in [1.82, 2.24) is 0 Å². The molecule has 0 aliphatic heterocycles. The van der Waals surface area contributed by atoms with Crippen LogP contribution >= 0.6 is 0 Å². The first-order chi connectivity index (χ1) is 11.4. The third-order valence-electron chi connectivity index (χ3n) is 4.59. The fourth-order valence-corrected chi connectivity index (χ4v) is 6.96. The summed E-state index contributed by atoms with van der Waals surface area (Å²) in [6.45, 7) is 0.614. The second kappa shape index (κ2) is 10.6. The maximum absolute atomic E-state index is 11.4. The zero-order valence-corrected chi connectivity index (χ0v) is 20.4. The van der Waals surface area contributed by atoms with Gasteiger partial charge in [-0.1, -0.05) is 6.42 Å². The molecule has 2 rings (SSSR count). The molecule has 148 valence electrons. The molecule has 3 atom stereocenters. The molecule has 7 nitrogen and oxygen atoms in total. The Bertz CT molecular complexity index is 564. The quantitative estimate of drug-likeness (QED) is 0.545. The van der Waals surface area contributed by atoms with Crippen LogP contribution in [0.1, 0.15) is 32.6 Å². The van der Waals surface area contributed by atoms with E-state index in [-0.39, 0.29) is 51.4 Å². The van der Waals surface area contributed by atoms with Crippen molar-refractivity contribution in [2.75, 3.05) is 21.3 Å². The van der Waals surface area contributed by atoms with Gasteiger partial charge >= 0.3 is 65.7 Å². The molecule has 0 radical (unpaired) electrons. The Balaban J connectivity index is 0.000000479. The minimum Gasteiger partial charge on any atom is -0.539 e. The summed E-state index contributed by atoms with van der Waals surface area (Å²) in [5.41, 5.74) is -4.93. The van der Waals surface area contributed by atoms with Crippen molar-refractivity contribution in [2.24, 2.45) is 11.8 Å². The molecule has 2 aliphatic carbocycles.